The van der Waals surface area contributed by atoms with Crippen molar-refractivity contribution in [1.29, 1.82) is 0 Å². The minimum absolute atomic E-state index is 0.0333. The summed E-state index contributed by atoms with van der Waals surface area (Å²) in [5.74, 6) is 0.327. The van der Waals surface area contributed by atoms with Gasteiger partial charge in [0.2, 0.25) is 0 Å². The quantitative estimate of drug-likeness (QED) is 0.872. The molecule has 0 saturated carbocycles. The van der Waals surface area contributed by atoms with E-state index < -0.39 is 6.04 Å². The van der Waals surface area contributed by atoms with Crippen molar-refractivity contribution in [3.63, 3.8) is 0 Å². The van der Waals surface area contributed by atoms with E-state index in [9.17, 15) is 4.79 Å². The van der Waals surface area contributed by atoms with Crippen LogP contribution in [0.1, 0.15) is 24.9 Å². The molecule has 1 heterocycles. The number of methoxy groups -OCH3 is 1. The maximum atomic E-state index is 11.5. The monoisotopic (exact) mass is 303 g/mol. The van der Waals surface area contributed by atoms with Gasteiger partial charge in [0.15, 0.2) is 0 Å². The minimum Gasteiger partial charge on any atom is -0.492 e. The molecule has 0 bridgehead atoms. The SMILES string of the molecule is COC(=O)[C@H](C)NC1CCOc2c(Cl)cc(Cl)cc21. The Hall–Kier alpha value is -0.970. The first-order valence-electron chi connectivity index (χ1n) is 5.98. The minimum atomic E-state index is -0.404. The van der Waals surface area contributed by atoms with Gasteiger partial charge in [0.25, 0.3) is 0 Å². The van der Waals surface area contributed by atoms with Crippen LogP contribution in [-0.2, 0) is 9.53 Å². The molecule has 0 saturated heterocycles. The first-order chi connectivity index (χ1) is 9.02. The van der Waals surface area contributed by atoms with Crippen molar-refractivity contribution >= 4 is 29.2 Å². The zero-order valence-electron chi connectivity index (χ0n) is 10.7. The molecule has 19 heavy (non-hydrogen) atoms. The summed E-state index contributed by atoms with van der Waals surface area (Å²) in [6, 6.07) is 3.02. The highest BCUT2D eigenvalue weighted by Gasteiger charge is 2.27. The Morgan fingerprint density at radius 1 is 1.53 bits per heavy atom. The molecular formula is C13H15Cl2NO3. The number of rotatable bonds is 3. The maximum absolute atomic E-state index is 11.5. The maximum Gasteiger partial charge on any atom is 0.322 e. The fraction of sp³-hybridized carbons (Fsp3) is 0.462. The van der Waals surface area contributed by atoms with E-state index in [4.69, 9.17) is 32.7 Å². The van der Waals surface area contributed by atoms with E-state index in [0.29, 0.717) is 22.4 Å². The molecule has 1 aromatic carbocycles. The van der Waals surface area contributed by atoms with Gasteiger partial charge in [-0.15, -0.1) is 0 Å². The molecule has 1 N–H and O–H groups in total. The smallest absolute Gasteiger partial charge is 0.322 e. The van der Waals surface area contributed by atoms with Crippen molar-refractivity contribution in [2.75, 3.05) is 13.7 Å². The van der Waals surface area contributed by atoms with Crippen LogP contribution in [0.2, 0.25) is 10.0 Å². The standard InChI is InChI=1S/C13H15Cl2NO3/c1-7(13(17)18-2)16-11-3-4-19-12-9(11)5-8(14)6-10(12)15/h5-7,11,16H,3-4H2,1-2H3/t7-,11?/m0/s1. The number of halogens is 2. The number of carbonyl (C=O) groups excluding carboxylic acids is 1. The second-order valence-corrected chi connectivity index (χ2v) is 5.25. The third-order valence-corrected chi connectivity index (χ3v) is 3.57. The Kier molecular flexibility index (Phi) is 4.55. The molecule has 2 rings (SSSR count). The number of fused-ring (bicyclic) bond motifs is 1. The Morgan fingerprint density at radius 3 is 2.95 bits per heavy atom. The van der Waals surface area contributed by atoms with Gasteiger partial charge < -0.3 is 9.47 Å². The van der Waals surface area contributed by atoms with Crippen LogP contribution in [-0.4, -0.2) is 25.7 Å². The molecule has 1 unspecified atom stereocenters. The summed E-state index contributed by atoms with van der Waals surface area (Å²) in [7, 11) is 1.37. The number of hydrogen-bond acceptors (Lipinski definition) is 4. The van der Waals surface area contributed by atoms with Gasteiger partial charge in [0.05, 0.1) is 18.7 Å². The molecule has 1 aliphatic rings. The zero-order chi connectivity index (χ0) is 14.0. The van der Waals surface area contributed by atoms with Crippen molar-refractivity contribution in [3.05, 3.63) is 27.7 Å². The number of ether oxygens (including phenoxy) is 2. The second kappa shape index (κ2) is 5.99. The van der Waals surface area contributed by atoms with Crippen molar-refractivity contribution in [2.24, 2.45) is 0 Å². The van der Waals surface area contributed by atoms with Crippen LogP contribution >= 0.6 is 23.2 Å². The van der Waals surface area contributed by atoms with Gasteiger partial charge in [-0.1, -0.05) is 23.2 Å². The number of esters is 1. The number of hydrogen-bond donors (Lipinski definition) is 1. The highest BCUT2D eigenvalue weighted by atomic mass is 35.5. The average Bonchev–Trinajstić information content (AvgIpc) is 2.38. The molecule has 0 fully saturated rings. The third kappa shape index (κ3) is 3.14. The van der Waals surface area contributed by atoms with Crippen LogP contribution < -0.4 is 10.1 Å². The lowest BCUT2D eigenvalue weighted by atomic mass is 9.99. The van der Waals surface area contributed by atoms with Crippen molar-refractivity contribution in [1.82, 2.24) is 5.32 Å². The molecule has 6 heteroatoms. The van der Waals surface area contributed by atoms with E-state index in [0.717, 1.165) is 12.0 Å². The lowest BCUT2D eigenvalue weighted by Gasteiger charge is -2.29. The molecule has 1 aliphatic heterocycles. The fourth-order valence-electron chi connectivity index (χ4n) is 2.15. The van der Waals surface area contributed by atoms with Gasteiger partial charge in [0, 0.05) is 23.0 Å². The molecule has 0 aromatic heterocycles. The van der Waals surface area contributed by atoms with Crippen LogP contribution in [0.15, 0.2) is 12.1 Å². The van der Waals surface area contributed by atoms with Gasteiger partial charge in [-0.2, -0.15) is 0 Å². The molecule has 0 aliphatic carbocycles. The van der Waals surface area contributed by atoms with Gasteiger partial charge in [-0.05, 0) is 19.1 Å². The lowest BCUT2D eigenvalue weighted by Crippen LogP contribution is -2.39. The highest BCUT2D eigenvalue weighted by molar-refractivity contribution is 6.35. The summed E-state index contributed by atoms with van der Waals surface area (Å²) >= 11 is 12.1. The largest absolute Gasteiger partial charge is 0.492 e. The summed E-state index contributed by atoms with van der Waals surface area (Å²) in [5.41, 5.74) is 0.875. The average molecular weight is 304 g/mol. The highest BCUT2D eigenvalue weighted by Crippen LogP contribution is 2.40. The van der Waals surface area contributed by atoms with Gasteiger partial charge in [0.1, 0.15) is 11.8 Å². The predicted octanol–water partition coefficient (Wildman–Crippen LogP) is 2.97. The molecule has 0 spiro atoms. The number of carbonyl (C=O) groups is 1. The Balaban J connectivity index is 2.25. The van der Waals surface area contributed by atoms with Crippen LogP contribution in [0.3, 0.4) is 0 Å². The first kappa shape index (κ1) is 14.4. The van der Waals surface area contributed by atoms with E-state index in [2.05, 4.69) is 5.32 Å². The van der Waals surface area contributed by atoms with E-state index >= 15 is 0 Å². The number of benzene rings is 1. The van der Waals surface area contributed by atoms with Crippen molar-refractivity contribution in [2.45, 2.75) is 25.4 Å². The normalized spacial score (nSPS) is 19.3. The van der Waals surface area contributed by atoms with E-state index in [1.54, 1.807) is 13.0 Å². The molecule has 2 atom stereocenters. The van der Waals surface area contributed by atoms with E-state index in [1.165, 1.54) is 7.11 Å². The van der Waals surface area contributed by atoms with Crippen LogP contribution in [0.5, 0.6) is 5.75 Å². The molecular weight excluding hydrogens is 289 g/mol. The Bertz CT molecular complexity index is 493. The molecule has 4 nitrogen and oxygen atoms in total. The zero-order valence-corrected chi connectivity index (χ0v) is 12.2. The molecule has 1 aromatic rings. The van der Waals surface area contributed by atoms with E-state index in [1.807, 2.05) is 6.07 Å². The molecule has 0 amide bonds. The Morgan fingerprint density at radius 2 is 2.26 bits per heavy atom. The summed E-state index contributed by atoms with van der Waals surface area (Å²) in [5, 5.41) is 4.24. The van der Waals surface area contributed by atoms with Crippen molar-refractivity contribution < 1.29 is 14.3 Å². The Labute approximate surface area is 122 Å². The fourth-order valence-corrected chi connectivity index (χ4v) is 2.71. The first-order valence-corrected chi connectivity index (χ1v) is 6.74. The summed E-state index contributed by atoms with van der Waals surface area (Å²) in [6.07, 6.45) is 0.741. The van der Waals surface area contributed by atoms with Gasteiger partial charge >= 0.3 is 5.97 Å². The van der Waals surface area contributed by atoms with Crippen molar-refractivity contribution in [3.8, 4) is 5.75 Å². The summed E-state index contributed by atoms with van der Waals surface area (Å²) in [6.45, 7) is 2.30. The summed E-state index contributed by atoms with van der Waals surface area (Å²) in [4.78, 5) is 11.5. The van der Waals surface area contributed by atoms with E-state index in [-0.39, 0.29) is 12.0 Å². The van der Waals surface area contributed by atoms with Crippen LogP contribution in [0.4, 0.5) is 0 Å². The number of nitrogens with one attached hydrogen (secondary N) is 1. The lowest BCUT2D eigenvalue weighted by molar-refractivity contribution is -0.142. The van der Waals surface area contributed by atoms with Gasteiger partial charge in [-0.3, -0.25) is 10.1 Å². The molecule has 104 valence electrons. The second-order valence-electron chi connectivity index (χ2n) is 4.41. The summed E-state index contributed by atoms with van der Waals surface area (Å²) < 4.78 is 10.3. The molecule has 0 radical (unpaired) electrons. The van der Waals surface area contributed by atoms with Crippen LogP contribution in [0.25, 0.3) is 0 Å². The topological polar surface area (TPSA) is 47.6 Å². The van der Waals surface area contributed by atoms with Gasteiger partial charge in [-0.25, -0.2) is 0 Å². The predicted molar refractivity (Wildman–Crippen MR) is 73.9 cm³/mol. The third-order valence-electron chi connectivity index (χ3n) is 3.07. The van der Waals surface area contributed by atoms with Crippen LogP contribution in [0, 0.1) is 0 Å².